The van der Waals surface area contributed by atoms with Crippen molar-refractivity contribution < 1.29 is 22.7 Å². The monoisotopic (exact) mass is 381 g/mol. The Balaban J connectivity index is 1.75. The number of hydrogen-bond donors (Lipinski definition) is 0. The number of amides is 3. The Morgan fingerprint density at radius 3 is 2.35 bits per heavy atom. The van der Waals surface area contributed by atoms with Crippen molar-refractivity contribution in [3.8, 4) is 5.75 Å². The van der Waals surface area contributed by atoms with Crippen LogP contribution in [0.3, 0.4) is 0 Å². The SMILES string of the molecule is COc1ccc(C)cc1S(=O)(=O)N1CCC(N2CC(=O)N(C)C2=O)CC1. The van der Waals surface area contributed by atoms with Crippen molar-refractivity contribution >= 4 is 22.0 Å². The summed E-state index contributed by atoms with van der Waals surface area (Å²) in [5.41, 5.74) is 0.837. The number of benzene rings is 1. The van der Waals surface area contributed by atoms with Crippen molar-refractivity contribution in [3.05, 3.63) is 23.8 Å². The molecule has 8 nitrogen and oxygen atoms in total. The second-order valence-corrected chi connectivity index (χ2v) is 8.56. The van der Waals surface area contributed by atoms with Crippen LogP contribution in [0, 0.1) is 6.92 Å². The molecule has 2 aliphatic heterocycles. The van der Waals surface area contributed by atoms with Crippen LogP contribution in [-0.4, -0.2) is 74.3 Å². The van der Waals surface area contributed by atoms with Crippen LogP contribution in [0.5, 0.6) is 5.75 Å². The summed E-state index contributed by atoms with van der Waals surface area (Å²) in [6, 6.07) is 4.63. The van der Waals surface area contributed by atoms with Crippen LogP contribution < -0.4 is 4.74 Å². The second kappa shape index (κ2) is 6.88. The fourth-order valence-electron chi connectivity index (χ4n) is 3.42. The van der Waals surface area contributed by atoms with Crippen LogP contribution in [0.2, 0.25) is 0 Å². The van der Waals surface area contributed by atoms with Crippen LogP contribution in [-0.2, 0) is 14.8 Å². The number of carbonyl (C=O) groups is 2. The Hall–Kier alpha value is -2.13. The average molecular weight is 381 g/mol. The van der Waals surface area contributed by atoms with Crippen molar-refractivity contribution in [2.24, 2.45) is 0 Å². The van der Waals surface area contributed by atoms with E-state index < -0.39 is 10.0 Å². The molecule has 3 amide bonds. The lowest BCUT2D eigenvalue weighted by Crippen LogP contribution is -2.47. The molecule has 2 fully saturated rings. The fraction of sp³-hybridized carbons (Fsp3) is 0.529. The van der Waals surface area contributed by atoms with Crippen molar-refractivity contribution in [1.82, 2.24) is 14.1 Å². The maximum absolute atomic E-state index is 13.0. The van der Waals surface area contributed by atoms with Crippen LogP contribution in [0.15, 0.2) is 23.1 Å². The van der Waals surface area contributed by atoms with Gasteiger partial charge in [-0.05, 0) is 37.5 Å². The first-order valence-corrected chi connectivity index (χ1v) is 9.91. The quantitative estimate of drug-likeness (QED) is 0.728. The van der Waals surface area contributed by atoms with Gasteiger partial charge in [-0.3, -0.25) is 9.69 Å². The first kappa shape index (κ1) is 18.7. The van der Waals surface area contributed by atoms with E-state index in [1.807, 2.05) is 6.92 Å². The highest BCUT2D eigenvalue weighted by Crippen LogP contribution is 2.30. The van der Waals surface area contributed by atoms with Gasteiger partial charge in [-0.25, -0.2) is 13.2 Å². The number of methoxy groups -OCH3 is 1. The summed E-state index contributed by atoms with van der Waals surface area (Å²) >= 11 is 0. The van der Waals surface area contributed by atoms with E-state index in [9.17, 15) is 18.0 Å². The predicted octanol–water partition coefficient (Wildman–Crippen LogP) is 1.05. The zero-order valence-electron chi connectivity index (χ0n) is 15.1. The van der Waals surface area contributed by atoms with Crippen molar-refractivity contribution in [3.63, 3.8) is 0 Å². The van der Waals surface area contributed by atoms with E-state index in [1.165, 1.54) is 18.5 Å². The molecule has 9 heteroatoms. The largest absolute Gasteiger partial charge is 0.495 e. The third-order valence-electron chi connectivity index (χ3n) is 5.01. The number of sulfonamides is 1. The first-order valence-electron chi connectivity index (χ1n) is 8.47. The Bertz CT molecular complexity index is 831. The summed E-state index contributed by atoms with van der Waals surface area (Å²) in [5, 5.41) is 0. The second-order valence-electron chi connectivity index (χ2n) is 6.65. The number of imide groups is 1. The molecule has 0 spiro atoms. The lowest BCUT2D eigenvalue weighted by molar-refractivity contribution is -0.124. The summed E-state index contributed by atoms with van der Waals surface area (Å²) in [6.07, 6.45) is 1.00. The van der Waals surface area contributed by atoms with Gasteiger partial charge in [-0.2, -0.15) is 4.31 Å². The molecule has 0 atom stereocenters. The third kappa shape index (κ3) is 3.16. The Morgan fingerprint density at radius 2 is 1.81 bits per heavy atom. The topological polar surface area (TPSA) is 87.2 Å². The van der Waals surface area contributed by atoms with Crippen LogP contribution in [0.25, 0.3) is 0 Å². The van der Waals surface area contributed by atoms with E-state index in [2.05, 4.69) is 0 Å². The molecule has 2 aliphatic rings. The van der Waals surface area contributed by atoms with Gasteiger partial charge in [0.1, 0.15) is 17.2 Å². The van der Waals surface area contributed by atoms with Gasteiger partial charge in [0.05, 0.1) is 7.11 Å². The Kier molecular flexibility index (Phi) is 4.94. The van der Waals surface area contributed by atoms with Gasteiger partial charge < -0.3 is 9.64 Å². The molecule has 2 saturated heterocycles. The molecular weight excluding hydrogens is 358 g/mol. The fourth-order valence-corrected chi connectivity index (χ4v) is 5.13. The van der Waals surface area contributed by atoms with E-state index in [1.54, 1.807) is 23.1 Å². The third-order valence-corrected chi connectivity index (χ3v) is 6.93. The van der Waals surface area contributed by atoms with Gasteiger partial charge in [0.2, 0.25) is 15.9 Å². The maximum atomic E-state index is 13.0. The van der Waals surface area contributed by atoms with Gasteiger partial charge in [-0.15, -0.1) is 0 Å². The van der Waals surface area contributed by atoms with E-state index in [0.29, 0.717) is 31.7 Å². The summed E-state index contributed by atoms with van der Waals surface area (Å²) in [7, 11) is -0.768. The van der Waals surface area contributed by atoms with Crippen molar-refractivity contribution in [2.75, 3.05) is 33.8 Å². The molecule has 0 aliphatic carbocycles. The Morgan fingerprint density at radius 1 is 1.15 bits per heavy atom. The van der Waals surface area contributed by atoms with Gasteiger partial charge in [0, 0.05) is 26.2 Å². The van der Waals surface area contributed by atoms with Crippen LogP contribution >= 0.6 is 0 Å². The highest BCUT2D eigenvalue weighted by atomic mass is 32.2. The minimum absolute atomic E-state index is 0.0679. The number of rotatable bonds is 4. The zero-order valence-corrected chi connectivity index (χ0v) is 16.0. The number of urea groups is 1. The number of likely N-dealkylation sites (N-methyl/N-ethyl adjacent to an activating group) is 1. The molecular formula is C17H23N3O5S. The number of nitrogens with zero attached hydrogens (tertiary/aromatic N) is 3. The average Bonchev–Trinajstić information content (AvgIpc) is 2.89. The summed E-state index contributed by atoms with van der Waals surface area (Å²) < 4.78 is 32.7. The molecule has 3 rings (SSSR count). The lowest BCUT2D eigenvalue weighted by Gasteiger charge is -2.35. The predicted molar refractivity (Wildman–Crippen MR) is 94.4 cm³/mol. The minimum Gasteiger partial charge on any atom is -0.495 e. The molecule has 1 aromatic carbocycles. The molecule has 0 bridgehead atoms. The summed E-state index contributed by atoms with van der Waals surface area (Å²) in [5.74, 6) is 0.0919. The highest BCUT2D eigenvalue weighted by molar-refractivity contribution is 7.89. The zero-order chi connectivity index (χ0) is 19.1. The molecule has 26 heavy (non-hydrogen) atoms. The highest BCUT2D eigenvalue weighted by Gasteiger charge is 2.40. The van der Waals surface area contributed by atoms with Crippen LogP contribution in [0.1, 0.15) is 18.4 Å². The van der Waals surface area contributed by atoms with E-state index in [-0.39, 0.29) is 29.4 Å². The summed E-state index contributed by atoms with van der Waals surface area (Å²) in [6.45, 7) is 2.49. The molecule has 2 heterocycles. The molecule has 0 saturated carbocycles. The number of piperidine rings is 1. The molecule has 0 radical (unpaired) electrons. The first-order chi connectivity index (χ1) is 12.3. The molecule has 0 N–H and O–H groups in total. The molecule has 0 aromatic heterocycles. The van der Waals surface area contributed by atoms with Gasteiger partial charge in [0.15, 0.2) is 0 Å². The number of aryl methyl sites for hydroxylation is 1. The van der Waals surface area contributed by atoms with Crippen molar-refractivity contribution in [1.29, 1.82) is 0 Å². The molecule has 1 aromatic rings. The number of carbonyl (C=O) groups excluding carboxylic acids is 2. The van der Waals surface area contributed by atoms with Gasteiger partial charge >= 0.3 is 6.03 Å². The minimum atomic E-state index is -3.68. The summed E-state index contributed by atoms with van der Waals surface area (Å²) in [4.78, 5) is 26.6. The normalized spacial score (nSPS) is 20.1. The molecule has 0 unspecified atom stereocenters. The smallest absolute Gasteiger partial charge is 0.327 e. The van der Waals surface area contributed by atoms with Gasteiger partial charge in [0.25, 0.3) is 0 Å². The van der Waals surface area contributed by atoms with Gasteiger partial charge in [-0.1, -0.05) is 6.07 Å². The van der Waals surface area contributed by atoms with E-state index in [4.69, 9.17) is 4.74 Å². The number of hydrogen-bond acceptors (Lipinski definition) is 5. The van der Waals surface area contributed by atoms with E-state index in [0.717, 1.165) is 10.5 Å². The number of ether oxygens (including phenoxy) is 1. The lowest BCUT2D eigenvalue weighted by atomic mass is 10.1. The Labute approximate surface area is 153 Å². The van der Waals surface area contributed by atoms with Crippen LogP contribution in [0.4, 0.5) is 4.79 Å². The standard InChI is InChI=1S/C17H23N3O5S/c1-12-4-5-14(25-3)15(10-12)26(23,24)19-8-6-13(7-9-19)20-11-16(21)18(2)17(20)22/h4-5,10,13H,6-9,11H2,1-3H3. The maximum Gasteiger partial charge on any atom is 0.327 e. The molecule has 142 valence electrons. The van der Waals surface area contributed by atoms with Crippen molar-refractivity contribution in [2.45, 2.75) is 30.7 Å². The van der Waals surface area contributed by atoms with E-state index >= 15 is 0 Å².